The molecule has 0 aromatic heterocycles. The fourth-order valence-corrected chi connectivity index (χ4v) is 3.78. The normalized spacial score (nSPS) is 44.0. The largest absolute Gasteiger partial charge is 0.241 e. The summed E-state index contributed by atoms with van der Waals surface area (Å²) in [5.41, 5.74) is 0.553. The summed E-state index contributed by atoms with van der Waals surface area (Å²) in [6, 6.07) is 0. The van der Waals surface area contributed by atoms with Crippen LogP contribution in [0, 0.1) is 5.92 Å². The molecule has 70 valence electrons. The van der Waals surface area contributed by atoms with Crippen molar-refractivity contribution >= 4 is 22.9 Å². The SMILES string of the molecule is CC12CCCCCC1CCN2I. The van der Waals surface area contributed by atoms with Crippen molar-refractivity contribution in [2.45, 2.75) is 51.0 Å². The maximum atomic E-state index is 2.57. The maximum Gasteiger partial charge on any atom is 0.0305 e. The van der Waals surface area contributed by atoms with Gasteiger partial charge in [0.05, 0.1) is 0 Å². The van der Waals surface area contributed by atoms with Gasteiger partial charge in [-0.2, -0.15) is 0 Å². The topological polar surface area (TPSA) is 3.24 Å². The van der Waals surface area contributed by atoms with Crippen LogP contribution in [0.15, 0.2) is 0 Å². The summed E-state index contributed by atoms with van der Waals surface area (Å²) in [4.78, 5) is 0. The molecule has 2 aliphatic rings. The number of rotatable bonds is 0. The lowest BCUT2D eigenvalue weighted by molar-refractivity contribution is 0.223. The van der Waals surface area contributed by atoms with E-state index in [2.05, 4.69) is 32.9 Å². The zero-order chi connectivity index (χ0) is 8.60. The van der Waals surface area contributed by atoms with Crippen LogP contribution in [-0.2, 0) is 0 Å². The molecule has 2 heteroatoms. The Morgan fingerprint density at radius 2 is 2.08 bits per heavy atom. The van der Waals surface area contributed by atoms with Crippen LogP contribution in [0.1, 0.15) is 45.4 Å². The highest BCUT2D eigenvalue weighted by atomic mass is 127. The average Bonchev–Trinajstić information content (AvgIpc) is 2.24. The summed E-state index contributed by atoms with van der Waals surface area (Å²) in [5.74, 6) is 0.997. The van der Waals surface area contributed by atoms with E-state index in [1.165, 1.54) is 45.1 Å². The first-order valence-corrected chi connectivity index (χ1v) is 6.13. The standard InChI is InChI=1S/C10H18IN/c1-10-7-4-2-3-5-9(10)6-8-12(10)11/h9H,2-8H2,1H3. The van der Waals surface area contributed by atoms with E-state index in [-0.39, 0.29) is 0 Å². The third-order valence-corrected chi connectivity index (χ3v) is 5.43. The van der Waals surface area contributed by atoms with E-state index in [0.717, 1.165) is 5.92 Å². The van der Waals surface area contributed by atoms with Crippen LogP contribution in [-0.4, -0.2) is 15.2 Å². The van der Waals surface area contributed by atoms with Crippen molar-refractivity contribution in [2.24, 2.45) is 5.92 Å². The van der Waals surface area contributed by atoms with Gasteiger partial charge in [0.15, 0.2) is 0 Å². The summed E-state index contributed by atoms with van der Waals surface area (Å²) < 4.78 is 2.57. The van der Waals surface area contributed by atoms with Gasteiger partial charge in [0.1, 0.15) is 0 Å². The number of halogens is 1. The van der Waals surface area contributed by atoms with Gasteiger partial charge in [0.2, 0.25) is 0 Å². The first kappa shape index (κ1) is 9.25. The summed E-state index contributed by atoms with van der Waals surface area (Å²) in [6.07, 6.45) is 8.75. The Balaban J connectivity index is 2.15. The van der Waals surface area contributed by atoms with Crippen LogP contribution in [0.2, 0.25) is 0 Å². The van der Waals surface area contributed by atoms with Gasteiger partial charge in [-0.3, -0.25) is 0 Å². The predicted octanol–water partition coefficient (Wildman–Crippen LogP) is 3.38. The highest BCUT2D eigenvalue weighted by molar-refractivity contribution is 14.1. The van der Waals surface area contributed by atoms with Crippen molar-refractivity contribution < 1.29 is 0 Å². The molecule has 0 aromatic carbocycles. The quantitative estimate of drug-likeness (QED) is 0.485. The molecule has 1 heterocycles. The minimum Gasteiger partial charge on any atom is -0.241 e. The molecule has 0 spiro atoms. The molecule has 12 heavy (non-hydrogen) atoms. The van der Waals surface area contributed by atoms with E-state index in [9.17, 15) is 0 Å². The first-order valence-electron chi connectivity index (χ1n) is 5.17. The summed E-state index contributed by atoms with van der Waals surface area (Å²) in [6.45, 7) is 3.80. The zero-order valence-electron chi connectivity index (χ0n) is 7.85. The maximum absolute atomic E-state index is 2.57. The molecule has 1 saturated carbocycles. The van der Waals surface area contributed by atoms with E-state index in [0.29, 0.717) is 5.54 Å². The van der Waals surface area contributed by atoms with Crippen LogP contribution >= 0.6 is 22.9 Å². The van der Waals surface area contributed by atoms with E-state index < -0.39 is 0 Å². The smallest absolute Gasteiger partial charge is 0.0305 e. The minimum atomic E-state index is 0.553. The Labute approximate surface area is 89.4 Å². The summed E-state index contributed by atoms with van der Waals surface area (Å²) in [5, 5.41) is 0. The van der Waals surface area contributed by atoms with E-state index in [1.807, 2.05) is 0 Å². The van der Waals surface area contributed by atoms with Crippen molar-refractivity contribution in [3.63, 3.8) is 0 Å². The van der Waals surface area contributed by atoms with Gasteiger partial charge < -0.3 is 0 Å². The van der Waals surface area contributed by atoms with E-state index in [4.69, 9.17) is 0 Å². The third kappa shape index (κ3) is 1.41. The van der Waals surface area contributed by atoms with Crippen molar-refractivity contribution in [1.82, 2.24) is 3.11 Å². The second-order valence-electron chi connectivity index (χ2n) is 4.53. The summed E-state index contributed by atoms with van der Waals surface area (Å²) in [7, 11) is 0. The molecule has 2 atom stereocenters. The number of fused-ring (bicyclic) bond motifs is 1. The van der Waals surface area contributed by atoms with Crippen molar-refractivity contribution in [3.05, 3.63) is 0 Å². The molecule has 1 nitrogen and oxygen atoms in total. The fraction of sp³-hybridized carbons (Fsp3) is 1.00. The van der Waals surface area contributed by atoms with Crippen LogP contribution in [0.5, 0.6) is 0 Å². The second-order valence-corrected chi connectivity index (χ2v) is 5.69. The molecule has 2 unspecified atom stereocenters. The molecular weight excluding hydrogens is 261 g/mol. The predicted molar refractivity (Wildman–Crippen MR) is 60.3 cm³/mol. The van der Waals surface area contributed by atoms with Gasteiger partial charge in [0, 0.05) is 34.9 Å². The van der Waals surface area contributed by atoms with Gasteiger partial charge in [-0.05, 0) is 32.1 Å². The molecule has 0 N–H and O–H groups in total. The molecule has 1 aliphatic carbocycles. The Bertz CT molecular complexity index is 171. The molecule has 2 fully saturated rings. The average molecular weight is 279 g/mol. The molecule has 1 aliphatic heterocycles. The fourth-order valence-electron chi connectivity index (χ4n) is 2.86. The van der Waals surface area contributed by atoms with Crippen molar-refractivity contribution in [3.8, 4) is 0 Å². The summed E-state index contributed by atoms with van der Waals surface area (Å²) >= 11 is 2.53. The molecule has 0 amide bonds. The Kier molecular flexibility index (Phi) is 2.66. The molecule has 0 bridgehead atoms. The van der Waals surface area contributed by atoms with Crippen LogP contribution < -0.4 is 0 Å². The Morgan fingerprint density at radius 1 is 1.25 bits per heavy atom. The molecule has 0 aromatic rings. The molecule has 0 radical (unpaired) electrons. The Hall–Kier alpha value is 0.690. The molecule has 2 rings (SSSR count). The zero-order valence-corrected chi connectivity index (χ0v) is 10.0. The van der Waals surface area contributed by atoms with Gasteiger partial charge in [0.25, 0.3) is 0 Å². The Morgan fingerprint density at radius 3 is 2.92 bits per heavy atom. The van der Waals surface area contributed by atoms with Crippen LogP contribution in [0.3, 0.4) is 0 Å². The van der Waals surface area contributed by atoms with Crippen LogP contribution in [0.4, 0.5) is 0 Å². The molecule has 1 saturated heterocycles. The first-order chi connectivity index (χ1) is 5.73. The van der Waals surface area contributed by atoms with Crippen molar-refractivity contribution in [2.75, 3.05) is 6.54 Å². The molecular formula is C10H18IN. The van der Waals surface area contributed by atoms with Gasteiger partial charge in [-0.15, -0.1) is 0 Å². The van der Waals surface area contributed by atoms with E-state index in [1.54, 1.807) is 0 Å². The second kappa shape index (κ2) is 3.45. The lowest BCUT2D eigenvalue weighted by Crippen LogP contribution is -2.38. The lowest BCUT2D eigenvalue weighted by atomic mass is 9.83. The highest BCUT2D eigenvalue weighted by Crippen LogP contribution is 2.45. The van der Waals surface area contributed by atoms with Gasteiger partial charge >= 0.3 is 0 Å². The number of hydrogen-bond donors (Lipinski definition) is 0. The lowest BCUT2D eigenvalue weighted by Gasteiger charge is -2.34. The number of hydrogen-bond acceptors (Lipinski definition) is 1. The van der Waals surface area contributed by atoms with Crippen molar-refractivity contribution in [1.29, 1.82) is 0 Å². The van der Waals surface area contributed by atoms with Gasteiger partial charge in [-0.1, -0.05) is 19.3 Å². The minimum absolute atomic E-state index is 0.553. The van der Waals surface area contributed by atoms with Crippen LogP contribution in [0.25, 0.3) is 0 Å². The monoisotopic (exact) mass is 279 g/mol. The number of nitrogens with zero attached hydrogens (tertiary/aromatic N) is 1. The highest BCUT2D eigenvalue weighted by Gasteiger charge is 2.43. The third-order valence-electron chi connectivity index (χ3n) is 3.84. The van der Waals surface area contributed by atoms with E-state index >= 15 is 0 Å². The van der Waals surface area contributed by atoms with Gasteiger partial charge in [-0.25, -0.2) is 3.11 Å².